The molecule has 2 aliphatic heterocycles. The lowest BCUT2D eigenvalue weighted by atomic mass is 9.74. The van der Waals surface area contributed by atoms with Crippen LogP contribution in [-0.4, -0.2) is 35.2 Å². The van der Waals surface area contributed by atoms with Crippen LogP contribution in [-0.2, 0) is 10.2 Å². The molecule has 9 heteroatoms. The van der Waals surface area contributed by atoms with E-state index in [-0.39, 0.29) is 17.5 Å². The van der Waals surface area contributed by atoms with Crippen LogP contribution >= 0.6 is 11.6 Å². The molecule has 162 valence electrons. The fraction of sp³-hybridized carbons (Fsp3) is 0.500. The zero-order valence-electron chi connectivity index (χ0n) is 17.2. The second-order valence-electron chi connectivity index (χ2n) is 9.12. The molecule has 4 aliphatic rings. The maximum absolute atomic E-state index is 13.0. The molecule has 2 aliphatic carbocycles. The van der Waals surface area contributed by atoms with Crippen molar-refractivity contribution in [2.75, 3.05) is 17.7 Å². The maximum atomic E-state index is 13.0. The Bertz CT molecular complexity index is 1050. The summed E-state index contributed by atoms with van der Waals surface area (Å²) in [5, 5.41) is 7.03. The number of nitrogens with one attached hydrogen (secondary N) is 4. The number of aromatic nitrogens is 2. The number of hydrazine groups is 1. The van der Waals surface area contributed by atoms with Gasteiger partial charge in [-0.15, -0.1) is 0 Å². The summed E-state index contributed by atoms with van der Waals surface area (Å²) in [4.78, 5) is 21.2. The standard InChI is InChI=1S/C22H25ClN6O2/c1-31-12-3-5-17-14(7-12)22(21(30)26-17)8-15(22)11-2-4-13-18(6-11)28-29-19(13)27-20-16(23)9-24-10-25-20/h3,5,7,9-11,13,15,18-19,28-29H,2,4,6,8H2,1H3,(H,26,30)(H,24,25,27)/t11?,13?,15-,18?,19?,22-/m0/s1. The third-order valence-corrected chi connectivity index (χ3v) is 7.98. The number of fused-ring (bicyclic) bond motifs is 3. The first-order valence-corrected chi connectivity index (χ1v) is 11.2. The van der Waals surface area contributed by atoms with Crippen molar-refractivity contribution in [1.82, 2.24) is 20.8 Å². The van der Waals surface area contributed by atoms with Crippen LogP contribution in [0.5, 0.6) is 5.75 Å². The van der Waals surface area contributed by atoms with Gasteiger partial charge in [0, 0.05) is 17.6 Å². The number of benzene rings is 1. The monoisotopic (exact) mass is 440 g/mol. The molecule has 1 amide bonds. The average Bonchev–Trinajstić information content (AvgIpc) is 3.34. The first kappa shape index (κ1) is 19.3. The first-order valence-electron chi connectivity index (χ1n) is 10.8. The molecule has 1 aromatic heterocycles. The zero-order valence-corrected chi connectivity index (χ0v) is 17.9. The highest BCUT2D eigenvalue weighted by atomic mass is 35.5. The summed E-state index contributed by atoms with van der Waals surface area (Å²) in [7, 11) is 1.67. The van der Waals surface area contributed by atoms with Crippen LogP contribution in [0.1, 0.15) is 31.2 Å². The van der Waals surface area contributed by atoms with Crippen molar-refractivity contribution in [3.05, 3.63) is 41.3 Å². The molecule has 8 nitrogen and oxygen atoms in total. The topological polar surface area (TPSA) is 100 Å². The molecule has 1 saturated heterocycles. The predicted molar refractivity (Wildman–Crippen MR) is 117 cm³/mol. The van der Waals surface area contributed by atoms with E-state index < -0.39 is 0 Å². The minimum Gasteiger partial charge on any atom is -0.497 e. The Morgan fingerprint density at radius 2 is 2.19 bits per heavy atom. The number of methoxy groups -OCH3 is 1. The Labute approximate surface area is 185 Å². The Morgan fingerprint density at radius 1 is 1.29 bits per heavy atom. The van der Waals surface area contributed by atoms with Crippen molar-refractivity contribution in [1.29, 1.82) is 0 Å². The number of halogens is 1. The summed E-state index contributed by atoms with van der Waals surface area (Å²) in [5.41, 5.74) is 8.52. The number of anilines is 2. The van der Waals surface area contributed by atoms with E-state index in [0.29, 0.717) is 34.6 Å². The minimum atomic E-state index is -0.375. The number of carbonyl (C=O) groups is 1. The number of rotatable bonds is 4. The van der Waals surface area contributed by atoms with Crippen LogP contribution in [0.15, 0.2) is 30.7 Å². The molecule has 4 N–H and O–H groups in total. The van der Waals surface area contributed by atoms with Gasteiger partial charge in [0.1, 0.15) is 22.9 Å². The summed E-state index contributed by atoms with van der Waals surface area (Å²) >= 11 is 6.21. The van der Waals surface area contributed by atoms with Crippen molar-refractivity contribution in [3.8, 4) is 5.75 Å². The SMILES string of the molecule is COc1ccc2c(c1)[C@]1(C[C@H]1C1CCC3C(C1)NNC3Nc1ncncc1Cl)C(=O)N2. The van der Waals surface area contributed by atoms with E-state index in [1.807, 2.05) is 18.2 Å². The normalized spacial score (nSPS) is 35.4. The quantitative estimate of drug-likeness (QED) is 0.580. The fourth-order valence-corrected chi connectivity index (χ4v) is 6.24. The van der Waals surface area contributed by atoms with E-state index in [9.17, 15) is 4.79 Å². The number of hydrogen-bond donors (Lipinski definition) is 4. The Balaban J connectivity index is 1.17. The van der Waals surface area contributed by atoms with E-state index in [1.54, 1.807) is 13.3 Å². The van der Waals surface area contributed by atoms with Gasteiger partial charge in [0.05, 0.1) is 24.9 Å². The molecule has 0 radical (unpaired) electrons. The summed E-state index contributed by atoms with van der Waals surface area (Å²) < 4.78 is 5.42. The first-order chi connectivity index (χ1) is 15.1. The lowest BCUT2D eigenvalue weighted by molar-refractivity contribution is -0.118. The van der Waals surface area contributed by atoms with Crippen molar-refractivity contribution in [3.63, 3.8) is 0 Å². The highest BCUT2D eigenvalue weighted by Crippen LogP contribution is 2.65. The summed E-state index contributed by atoms with van der Waals surface area (Å²) in [6.07, 6.45) is 7.32. The largest absolute Gasteiger partial charge is 0.497 e. The molecule has 0 bridgehead atoms. The molecule has 1 spiro atoms. The molecule has 3 fully saturated rings. The summed E-state index contributed by atoms with van der Waals surface area (Å²) in [5.74, 6) is 2.93. The molecule has 2 saturated carbocycles. The zero-order chi connectivity index (χ0) is 21.2. The minimum absolute atomic E-state index is 0.0614. The molecule has 6 atom stereocenters. The summed E-state index contributed by atoms with van der Waals surface area (Å²) in [6, 6.07) is 6.26. The summed E-state index contributed by atoms with van der Waals surface area (Å²) in [6.45, 7) is 0. The highest BCUT2D eigenvalue weighted by Gasteiger charge is 2.67. The fourth-order valence-electron chi connectivity index (χ4n) is 6.08. The smallest absolute Gasteiger partial charge is 0.235 e. The van der Waals surface area contributed by atoms with E-state index in [0.717, 1.165) is 42.7 Å². The molecule has 2 aromatic rings. The number of nitrogens with zero attached hydrogens (tertiary/aromatic N) is 2. The number of ether oxygens (including phenoxy) is 1. The van der Waals surface area contributed by atoms with Gasteiger partial charge in [-0.1, -0.05) is 11.6 Å². The van der Waals surface area contributed by atoms with Gasteiger partial charge >= 0.3 is 0 Å². The van der Waals surface area contributed by atoms with Gasteiger partial charge in [0.2, 0.25) is 5.91 Å². The number of amides is 1. The molecule has 31 heavy (non-hydrogen) atoms. The number of hydrogen-bond acceptors (Lipinski definition) is 7. The third kappa shape index (κ3) is 2.92. The van der Waals surface area contributed by atoms with Crippen LogP contribution in [0.3, 0.4) is 0 Å². The predicted octanol–water partition coefficient (Wildman–Crippen LogP) is 2.68. The van der Waals surface area contributed by atoms with Gasteiger partial charge in [-0.25, -0.2) is 15.4 Å². The Hall–Kier alpha value is -2.42. The molecular formula is C22H25ClN6O2. The molecular weight excluding hydrogens is 416 g/mol. The van der Waals surface area contributed by atoms with Gasteiger partial charge in [0.15, 0.2) is 0 Å². The van der Waals surface area contributed by atoms with Crippen LogP contribution in [0.2, 0.25) is 5.02 Å². The van der Waals surface area contributed by atoms with E-state index >= 15 is 0 Å². The highest BCUT2D eigenvalue weighted by molar-refractivity contribution is 6.32. The second-order valence-corrected chi connectivity index (χ2v) is 9.53. The lowest BCUT2D eigenvalue weighted by Gasteiger charge is -2.34. The molecule has 3 heterocycles. The second kappa shape index (κ2) is 7.05. The van der Waals surface area contributed by atoms with Crippen molar-refractivity contribution >= 4 is 29.0 Å². The van der Waals surface area contributed by atoms with Crippen LogP contribution < -0.4 is 26.2 Å². The Morgan fingerprint density at radius 3 is 3.03 bits per heavy atom. The molecule has 1 aromatic carbocycles. The van der Waals surface area contributed by atoms with Gasteiger partial charge in [0.25, 0.3) is 0 Å². The number of carbonyl (C=O) groups excluding carboxylic acids is 1. The van der Waals surface area contributed by atoms with E-state index in [4.69, 9.17) is 16.3 Å². The van der Waals surface area contributed by atoms with Crippen molar-refractivity contribution < 1.29 is 9.53 Å². The van der Waals surface area contributed by atoms with Gasteiger partial charge in [-0.2, -0.15) is 0 Å². The van der Waals surface area contributed by atoms with E-state index in [1.165, 1.54) is 6.33 Å². The van der Waals surface area contributed by atoms with Crippen LogP contribution in [0.4, 0.5) is 11.5 Å². The average molecular weight is 441 g/mol. The van der Waals surface area contributed by atoms with Gasteiger partial charge in [-0.05, 0) is 61.3 Å². The molecule has 6 rings (SSSR count). The lowest BCUT2D eigenvalue weighted by Crippen LogP contribution is -2.39. The van der Waals surface area contributed by atoms with Crippen molar-refractivity contribution in [2.45, 2.75) is 43.3 Å². The molecule has 4 unspecified atom stereocenters. The van der Waals surface area contributed by atoms with Crippen molar-refractivity contribution in [2.24, 2.45) is 17.8 Å². The Kier molecular flexibility index (Phi) is 4.38. The third-order valence-electron chi connectivity index (χ3n) is 7.70. The van der Waals surface area contributed by atoms with Gasteiger partial charge in [-0.3, -0.25) is 10.2 Å². The maximum Gasteiger partial charge on any atom is 0.235 e. The van der Waals surface area contributed by atoms with Crippen LogP contribution in [0, 0.1) is 17.8 Å². The van der Waals surface area contributed by atoms with Gasteiger partial charge < -0.3 is 15.4 Å². The van der Waals surface area contributed by atoms with Crippen LogP contribution in [0.25, 0.3) is 0 Å². The van der Waals surface area contributed by atoms with E-state index in [2.05, 4.69) is 31.5 Å².